The van der Waals surface area contributed by atoms with Crippen molar-refractivity contribution in [1.82, 2.24) is 0 Å². The largest absolute Gasteiger partial charge is 0.478 e. The van der Waals surface area contributed by atoms with Crippen LogP contribution in [0.25, 0.3) is 21.5 Å². The number of rotatable bonds is 13. The second-order valence-electron chi connectivity index (χ2n) is 19.9. The van der Waals surface area contributed by atoms with Gasteiger partial charge in [-0.05, 0) is 94.0 Å². The maximum Gasteiger partial charge on any atom is 0.335 e. The summed E-state index contributed by atoms with van der Waals surface area (Å²) in [6, 6.07) is 83.8. The minimum atomic E-state index is -0.959. The van der Waals surface area contributed by atoms with Crippen LogP contribution in [0.1, 0.15) is 85.3 Å². The van der Waals surface area contributed by atoms with E-state index in [1.54, 1.807) is 12.1 Å². The molecule has 0 aliphatic carbocycles. The van der Waals surface area contributed by atoms with Crippen molar-refractivity contribution in [3.05, 3.63) is 276 Å². The van der Waals surface area contributed by atoms with Gasteiger partial charge in [0.25, 0.3) is 0 Å². The van der Waals surface area contributed by atoms with Gasteiger partial charge in [0.2, 0.25) is 0 Å². The molecule has 344 valence electrons. The van der Waals surface area contributed by atoms with E-state index in [4.69, 9.17) is 0 Å². The van der Waals surface area contributed by atoms with Gasteiger partial charge in [-0.2, -0.15) is 0 Å². The first-order valence-corrected chi connectivity index (χ1v) is 24.2. The summed E-state index contributed by atoms with van der Waals surface area (Å²) in [7, 11) is 0. The molecule has 0 heterocycles. The Morgan fingerprint density at radius 3 is 0.757 bits per heavy atom. The van der Waals surface area contributed by atoms with Crippen LogP contribution in [0, 0.1) is 0 Å². The van der Waals surface area contributed by atoms with Crippen molar-refractivity contribution in [2.45, 2.75) is 57.8 Å². The zero-order valence-electron chi connectivity index (χ0n) is 40.8. The molecule has 0 spiro atoms. The van der Waals surface area contributed by atoms with Crippen molar-refractivity contribution in [3.8, 4) is 0 Å². The molecule has 4 nitrogen and oxygen atoms in total. The summed E-state index contributed by atoms with van der Waals surface area (Å²) >= 11 is 0. The molecule has 0 aliphatic heterocycles. The van der Waals surface area contributed by atoms with E-state index < -0.39 is 5.97 Å². The van der Waals surface area contributed by atoms with Crippen LogP contribution >= 0.6 is 0 Å². The van der Waals surface area contributed by atoms with Crippen LogP contribution < -0.4 is 9.80 Å². The van der Waals surface area contributed by atoms with Crippen LogP contribution in [-0.2, 0) is 16.2 Å². The third-order valence-corrected chi connectivity index (χ3v) is 14.7. The van der Waals surface area contributed by atoms with E-state index in [1.165, 1.54) is 33.4 Å². The molecule has 4 heteroatoms. The fourth-order valence-electron chi connectivity index (χ4n) is 10.3. The molecule has 0 aliphatic rings. The number of hydrogen-bond donors (Lipinski definition) is 1. The number of hydrogen-bond acceptors (Lipinski definition) is 3. The lowest BCUT2D eigenvalue weighted by molar-refractivity contribution is 0.0697. The minimum Gasteiger partial charge on any atom is -0.478 e. The van der Waals surface area contributed by atoms with Gasteiger partial charge in [-0.25, -0.2) is 4.79 Å². The lowest BCUT2D eigenvalue weighted by atomic mass is 9.78. The van der Waals surface area contributed by atoms with Gasteiger partial charge in [-0.15, -0.1) is 0 Å². The average Bonchev–Trinajstić information content (AvgIpc) is 3.40. The van der Waals surface area contributed by atoms with E-state index in [0.717, 1.165) is 55.7 Å². The van der Waals surface area contributed by atoms with E-state index in [9.17, 15) is 9.90 Å². The summed E-state index contributed by atoms with van der Waals surface area (Å²) < 4.78 is 0. The molecule has 0 saturated carbocycles. The number of nitrogens with zero attached hydrogens (tertiary/aromatic N) is 2. The second-order valence-corrected chi connectivity index (χ2v) is 19.9. The van der Waals surface area contributed by atoms with Crippen molar-refractivity contribution in [2.24, 2.45) is 0 Å². The number of carbonyl (C=O) groups is 1. The molecule has 10 aromatic rings. The number of benzene rings is 10. The van der Waals surface area contributed by atoms with Crippen LogP contribution in [0.15, 0.2) is 237 Å². The van der Waals surface area contributed by atoms with Crippen LogP contribution in [0.3, 0.4) is 0 Å². The van der Waals surface area contributed by atoms with Gasteiger partial charge in [-0.3, -0.25) is 0 Å². The third kappa shape index (κ3) is 8.30. The molecule has 0 radical (unpaired) electrons. The lowest BCUT2D eigenvalue weighted by Gasteiger charge is -2.34. The lowest BCUT2D eigenvalue weighted by Crippen LogP contribution is -2.20. The van der Waals surface area contributed by atoms with Gasteiger partial charge in [-0.1, -0.05) is 217 Å². The first-order valence-electron chi connectivity index (χ1n) is 24.2. The monoisotopic (exact) mass is 910 g/mol. The Morgan fingerprint density at radius 1 is 0.300 bits per heavy atom. The predicted octanol–water partition coefficient (Wildman–Crippen LogP) is 17.6. The van der Waals surface area contributed by atoms with E-state index >= 15 is 0 Å². The maximum absolute atomic E-state index is 12.2. The Labute approximate surface area is 412 Å². The van der Waals surface area contributed by atoms with Gasteiger partial charge in [0.15, 0.2) is 0 Å². The highest BCUT2D eigenvalue weighted by Crippen LogP contribution is 2.52. The van der Waals surface area contributed by atoms with E-state index in [2.05, 4.69) is 264 Å². The Balaban J connectivity index is 1.19. The molecule has 0 saturated heterocycles. The number of carboxylic acid groups (broad SMARTS) is 1. The summed E-state index contributed by atoms with van der Waals surface area (Å²) in [4.78, 5) is 16.9. The van der Waals surface area contributed by atoms with Gasteiger partial charge in [0.1, 0.15) is 0 Å². The number of aromatic carboxylic acids is 1. The van der Waals surface area contributed by atoms with Crippen molar-refractivity contribution in [1.29, 1.82) is 0 Å². The first kappa shape index (κ1) is 45.6. The molecule has 0 atom stereocenters. The predicted molar refractivity (Wildman–Crippen MR) is 293 cm³/mol. The normalized spacial score (nSPS) is 12.0. The zero-order valence-corrected chi connectivity index (χ0v) is 40.8. The summed E-state index contributed by atoms with van der Waals surface area (Å²) in [6.45, 7) is 13.7. The molecule has 10 rings (SSSR count). The average molecular weight is 911 g/mol. The number of fused-ring (bicyclic) bond motifs is 2. The highest BCUT2D eigenvalue weighted by atomic mass is 16.4. The van der Waals surface area contributed by atoms with Gasteiger partial charge in [0.05, 0.1) is 16.9 Å². The summed E-state index contributed by atoms with van der Waals surface area (Å²) in [5, 5.41) is 14.3. The van der Waals surface area contributed by atoms with Crippen molar-refractivity contribution in [2.75, 3.05) is 9.80 Å². The highest BCUT2D eigenvalue weighted by Gasteiger charge is 2.29. The van der Waals surface area contributed by atoms with E-state index in [1.807, 2.05) is 12.1 Å². The van der Waals surface area contributed by atoms with Gasteiger partial charge in [0, 0.05) is 60.5 Å². The van der Waals surface area contributed by atoms with Crippen molar-refractivity contribution < 1.29 is 9.90 Å². The van der Waals surface area contributed by atoms with Crippen LogP contribution in [0.2, 0.25) is 0 Å². The second kappa shape index (κ2) is 18.4. The summed E-state index contributed by atoms with van der Waals surface area (Å²) in [5.41, 5.74) is 13.0. The molecule has 0 bridgehead atoms. The Kier molecular flexibility index (Phi) is 12.0. The van der Waals surface area contributed by atoms with E-state index in [0.29, 0.717) is 0 Å². The fourth-order valence-corrected chi connectivity index (χ4v) is 10.3. The molecule has 0 fully saturated rings. The van der Waals surface area contributed by atoms with Crippen molar-refractivity contribution in [3.63, 3.8) is 0 Å². The fraction of sp³-hybridized carbons (Fsp3) is 0.136. The zero-order chi connectivity index (χ0) is 48.6. The van der Waals surface area contributed by atoms with Gasteiger partial charge >= 0.3 is 5.97 Å². The Morgan fingerprint density at radius 2 is 0.514 bits per heavy atom. The van der Waals surface area contributed by atoms with E-state index in [-0.39, 0.29) is 21.8 Å². The first-order chi connectivity index (χ1) is 33.8. The quantitative estimate of drug-likeness (QED) is 0.0925. The molecule has 10 aromatic carbocycles. The molecule has 70 heavy (non-hydrogen) atoms. The summed E-state index contributed by atoms with van der Waals surface area (Å²) in [6.07, 6.45) is 0. The van der Waals surface area contributed by atoms with Crippen LogP contribution in [-0.4, -0.2) is 11.1 Å². The van der Waals surface area contributed by atoms with Gasteiger partial charge < -0.3 is 14.9 Å². The topological polar surface area (TPSA) is 43.8 Å². The number of carboxylic acids is 1. The SMILES string of the molecule is CC(C)(c1ccccc1)c1ccc(N(c2ccc(C(=O)O)cc2)c2c3ccccc3c(N(c3ccc(C(C)(C)c4ccccc4)cc3)c3ccc(C(C)(C)c4ccccc4)cc3)c3ccccc23)cc1. The number of anilines is 6. The minimum absolute atomic E-state index is 0.210. The molecular formula is C66H58N2O2. The molecular weight excluding hydrogens is 853 g/mol. The van der Waals surface area contributed by atoms with Crippen LogP contribution in [0.4, 0.5) is 34.1 Å². The molecule has 1 N–H and O–H groups in total. The van der Waals surface area contributed by atoms with Crippen molar-refractivity contribution >= 4 is 61.6 Å². The third-order valence-electron chi connectivity index (χ3n) is 14.7. The Hall–Kier alpha value is -8.21. The Bertz CT molecular complexity index is 3280. The standard InChI is InChI=1S/C66H58N2O2/c1-64(2,47-20-10-7-11-21-47)50-32-40-54(41-33-50)67(53-38-30-46(31-39-53)63(69)70)61-57-26-16-18-28-59(57)62(60-29-19-17-27-58(60)61)68(55-42-34-51(35-43-55)65(3,4)48-22-12-8-13-23-48)56-44-36-52(37-45-56)66(5,6)49-24-14-9-15-25-49/h7-45H,1-6H3,(H,69,70). The smallest absolute Gasteiger partial charge is 0.335 e. The molecule has 0 aromatic heterocycles. The molecule has 0 unspecified atom stereocenters. The highest BCUT2D eigenvalue weighted by molar-refractivity contribution is 6.23. The summed E-state index contributed by atoms with van der Waals surface area (Å²) in [5.74, 6) is -0.959. The molecule has 0 amide bonds. The van der Waals surface area contributed by atoms with Crippen LogP contribution in [0.5, 0.6) is 0 Å². The maximum atomic E-state index is 12.2.